The molecule has 1 N–H and O–H groups in total. The van der Waals surface area contributed by atoms with Gasteiger partial charge in [0.2, 0.25) is 5.95 Å². The van der Waals surface area contributed by atoms with Gasteiger partial charge in [0.25, 0.3) is 5.91 Å². The van der Waals surface area contributed by atoms with Gasteiger partial charge in [-0.25, -0.2) is 14.4 Å². The van der Waals surface area contributed by atoms with Crippen molar-refractivity contribution in [3.05, 3.63) is 75.6 Å². The molecule has 4 aromatic rings. The molecular formula is C23H18ClFN6O2S. The van der Waals surface area contributed by atoms with Crippen LogP contribution in [-0.2, 0) is 23.9 Å². The Hall–Kier alpha value is -3.34. The largest absolute Gasteiger partial charge is 0.376 e. The summed E-state index contributed by atoms with van der Waals surface area (Å²) in [5.74, 6) is 0.101. The maximum absolute atomic E-state index is 15.7. The summed E-state index contributed by atoms with van der Waals surface area (Å²) in [4.78, 5) is 24.8. The van der Waals surface area contributed by atoms with Gasteiger partial charge in [-0.2, -0.15) is 5.10 Å². The molecule has 6 rings (SSSR count). The number of thiophene rings is 1. The van der Waals surface area contributed by atoms with Crippen LogP contribution in [-0.4, -0.2) is 43.8 Å². The Balaban J connectivity index is 1.36. The van der Waals surface area contributed by atoms with Crippen LogP contribution in [0.3, 0.4) is 0 Å². The van der Waals surface area contributed by atoms with E-state index in [4.69, 9.17) is 16.3 Å². The first-order valence-electron chi connectivity index (χ1n) is 10.5. The maximum Gasteiger partial charge on any atom is 0.259 e. The summed E-state index contributed by atoms with van der Waals surface area (Å²) in [6.45, 7) is 0.969. The molecule has 5 heterocycles. The Morgan fingerprint density at radius 3 is 2.82 bits per heavy atom. The molecule has 0 radical (unpaired) electrons. The van der Waals surface area contributed by atoms with E-state index in [0.717, 1.165) is 5.56 Å². The number of aryl methyl sites for hydroxylation is 1. The number of rotatable bonds is 5. The van der Waals surface area contributed by atoms with Crippen LogP contribution >= 0.6 is 22.9 Å². The minimum Gasteiger partial charge on any atom is -0.376 e. The summed E-state index contributed by atoms with van der Waals surface area (Å²) >= 11 is 7.37. The van der Waals surface area contributed by atoms with E-state index < -0.39 is 11.4 Å². The molecule has 0 saturated carbocycles. The second-order valence-corrected chi connectivity index (χ2v) is 9.68. The van der Waals surface area contributed by atoms with E-state index in [1.807, 2.05) is 18.2 Å². The molecule has 0 unspecified atom stereocenters. The zero-order chi connectivity index (χ0) is 23.4. The Kier molecular flexibility index (Phi) is 4.91. The van der Waals surface area contributed by atoms with Gasteiger partial charge in [-0.15, -0.1) is 11.3 Å². The van der Waals surface area contributed by atoms with E-state index in [2.05, 4.69) is 20.4 Å². The third-order valence-corrected chi connectivity index (χ3v) is 7.72. The van der Waals surface area contributed by atoms with Gasteiger partial charge in [-0.05, 0) is 23.8 Å². The number of halogens is 2. The molecule has 1 amide bonds. The fourth-order valence-corrected chi connectivity index (χ4v) is 5.85. The first-order chi connectivity index (χ1) is 16.5. The third kappa shape index (κ3) is 3.21. The fourth-order valence-electron chi connectivity index (χ4n) is 4.33. The number of nitrogens with zero attached hydrogens (tertiary/aromatic N) is 5. The van der Waals surface area contributed by atoms with Crippen molar-refractivity contribution in [2.45, 2.75) is 12.1 Å². The van der Waals surface area contributed by atoms with Crippen LogP contribution in [0.25, 0.3) is 10.6 Å². The lowest BCUT2D eigenvalue weighted by Gasteiger charge is -2.45. The molecule has 2 aliphatic heterocycles. The summed E-state index contributed by atoms with van der Waals surface area (Å²) in [5, 5.41) is 7.76. The molecule has 1 spiro atoms. The SMILES string of the molecule is Cn1nccc1Nc1nccc(-c2sc3c(c2F)C(=O)N(Cc2cccc(Cl)c2)C32COC2)n1. The van der Waals surface area contributed by atoms with Crippen molar-refractivity contribution in [3.63, 3.8) is 0 Å². The minimum atomic E-state index is -0.679. The first-order valence-corrected chi connectivity index (χ1v) is 11.7. The van der Waals surface area contributed by atoms with Crippen LogP contribution < -0.4 is 5.32 Å². The minimum absolute atomic E-state index is 0.102. The van der Waals surface area contributed by atoms with Gasteiger partial charge in [-0.1, -0.05) is 23.7 Å². The van der Waals surface area contributed by atoms with Gasteiger partial charge >= 0.3 is 0 Å². The number of hydrogen-bond acceptors (Lipinski definition) is 7. The summed E-state index contributed by atoms with van der Waals surface area (Å²) in [6, 6.07) is 10.7. The number of nitrogens with one attached hydrogen (secondary N) is 1. The molecule has 1 aromatic carbocycles. The lowest BCUT2D eigenvalue weighted by atomic mass is 9.94. The van der Waals surface area contributed by atoms with Crippen LogP contribution in [0.1, 0.15) is 20.8 Å². The zero-order valence-electron chi connectivity index (χ0n) is 18.0. The second kappa shape index (κ2) is 7.86. The fraction of sp³-hybridized carbons (Fsp3) is 0.217. The number of fused-ring (bicyclic) bond motifs is 2. The standard InChI is InChI=1S/C23H18ClFN6O2S/c1-30-16(6-8-27-30)29-22-26-7-5-15(28-22)19-18(25)17-20(34-19)23(11-33-12-23)31(21(17)32)10-13-3-2-4-14(24)9-13/h2-9H,10-12H2,1H3,(H,26,28,29). The number of carbonyl (C=O) groups excluding carboxylic acids is 1. The average molecular weight is 497 g/mol. The van der Waals surface area contributed by atoms with Crippen LogP contribution in [0.5, 0.6) is 0 Å². The molecule has 0 aliphatic carbocycles. The summed E-state index contributed by atoms with van der Waals surface area (Å²) in [6.07, 6.45) is 3.21. The molecule has 0 bridgehead atoms. The summed E-state index contributed by atoms with van der Waals surface area (Å²) in [5.41, 5.74) is 0.706. The molecule has 8 nitrogen and oxygen atoms in total. The topological polar surface area (TPSA) is 85.2 Å². The normalized spacial score (nSPS) is 16.1. The lowest BCUT2D eigenvalue weighted by Crippen LogP contribution is -2.56. The quantitative estimate of drug-likeness (QED) is 0.442. The van der Waals surface area contributed by atoms with Crippen LogP contribution in [0.2, 0.25) is 5.02 Å². The van der Waals surface area contributed by atoms with E-state index in [1.165, 1.54) is 11.3 Å². The van der Waals surface area contributed by atoms with Crippen molar-refractivity contribution in [1.29, 1.82) is 0 Å². The molecule has 1 saturated heterocycles. The highest BCUT2D eigenvalue weighted by molar-refractivity contribution is 7.16. The molecular weight excluding hydrogens is 479 g/mol. The average Bonchev–Trinajstić information content (AvgIpc) is 3.42. The van der Waals surface area contributed by atoms with Crippen molar-refractivity contribution in [1.82, 2.24) is 24.6 Å². The predicted octanol–water partition coefficient (Wildman–Crippen LogP) is 4.36. The van der Waals surface area contributed by atoms with Gasteiger partial charge in [-0.3, -0.25) is 9.48 Å². The van der Waals surface area contributed by atoms with Gasteiger partial charge in [0, 0.05) is 30.9 Å². The van der Waals surface area contributed by atoms with E-state index in [0.29, 0.717) is 52.0 Å². The third-order valence-electron chi connectivity index (χ3n) is 6.11. The highest BCUT2D eigenvalue weighted by Crippen LogP contribution is 2.52. The Labute approximate surface area is 203 Å². The number of benzene rings is 1. The number of amides is 1. The summed E-state index contributed by atoms with van der Waals surface area (Å²) < 4.78 is 22.9. The number of aromatic nitrogens is 4. The molecule has 172 valence electrons. The van der Waals surface area contributed by atoms with Crippen molar-refractivity contribution < 1.29 is 13.9 Å². The molecule has 3 aromatic heterocycles. The van der Waals surface area contributed by atoms with Gasteiger partial charge in [0.15, 0.2) is 5.82 Å². The highest BCUT2D eigenvalue weighted by atomic mass is 35.5. The van der Waals surface area contributed by atoms with E-state index >= 15 is 4.39 Å². The molecule has 11 heteroatoms. The van der Waals surface area contributed by atoms with Crippen molar-refractivity contribution in [3.8, 4) is 10.6 Å². The molecule has 2 aliphatic rings. The Bertz CT molecular complexity index is 1430. The molecule has 0 atom stereocenters. The molecule has 34 heavy (non-hydrogen) atoms. The maximum atomic E-state index is 15.7. The van der Waals surface area contributed by atoms with Crippen LogP contribution in [0.4, 0.5) is 16.2 Å². The van der Waals surface area contributed by atoms with Gasteiger partial charge in [0.05, 0.1) is 40.4 Å². The Morgan fingerprint density at radius 2 is 2.12 bits per heavy atom. The lowest BCUT2D eigenvalue weighted by molar-refractivity contribution is -0.126. The monoisotopic (exact) mass is 496 g/mol. The number of anilines is 2. The van der Waals surface area contributed by atoms with Crippen molar-refractivity contribution >= 4 is 40.6 Å². The van der Waals surface area contributed by atoms with Gasteiger partial charge < -0.3 is 15.0 Å². The van der Waals surface area contributed by atoms with E-state index in [1.54, 1.807) is 47.2 Å². The highest BCUT2D eigenvalue weighted by Gasteiger charge is 2.57. The predicted molar refractivity (Wildman–Crippen MR) is 126 cm³/mol. The number of hydrogen-bond donors (Lipinski definition) is 1. The van der Waals surface area contributed by atoms with Crippen molar-refractivity contribution in [2.75, 3.05) is 18.5 Å². The van der Waals surface area contributed by atoms with Crippen LogP contribution in [0.15, 0.2) is 48.8 Å². The number of ether oxygens (including phenoxy) is 1. The second-order valence-electron chi connectivity index (χ2n) is 8.23. The zero-order valence-corrected chi connectivity index (χ0v) is 19.5. The van der Waals surface area contributed by atoms with Crippen molar-refractivity contribution in [2.24, 2.45) is 7.05 Å². The van der Waals surface area contributed by atoms with Crippen LogP contribution in [0, 0.1) is 5.82 Å². The first kappa shape index (κ1) is 21.2. The number of carbonyl (C=O) groups is 1. The van der Waals surface area contributed by atoms with E-state index in [-0.39, 0.29) is 11.5 Å². The van der Waals surface area contributed by atoms with Gasteiger partial charge in [0.1, 0.15) is 11.4 Å². The smallest absolute Gasteiger partial charge is 0.259 e. The molecule has 1 fully saturated rings. The Morgan fingerprint density at radius 1 is 1.26 bits per heavy atom. The van der Waals surface area contributed by atoms with E-state index in [9.17, 15) is 4.79 Å². The summed E-state index contributed by atoms with van der Waals surface area (Å²) in [7, 11) is 1.79.